The Labute approximate surface area is 130 Å². The molecule has 3 rings (SSSR count). The highest BCUT2D eigenvalue weighted by Crippen LogP contribution is 2.28. The number of amides is 1. The largest absolute Gasteiger partial charge is 0.488 e. The van der Waals surface area contributed by atoms with Crippen LogP contribution >= 0.6 is 0 Å². The third kappa shape index (κ3) is 3.00. The summed E-state index contributed by atoms with van der Waals surface area (Å²) in [6.07, 6.45) is 2.51. The van der Waals surface area contributed by atoms with Crippen molar-refractivity contribution in [3.8, 4) is 5.75 Å². The summed E-state index contributed by atoms with van der Waals surface area (Å²) in [5, 5.41) is 10.6. The number of likely N-dealkylation sites (tertiary alicyclic amines) is 1. The van der Waals surface area contributed by atoms with Crippen LogP contribution in [0.15, 0.2) is 29.8 Å². The van der Waals surface area contributed by atoms with Crippen LogP contribution in [0.3, 0.4) is 0 Å². The van der Waals surface area contributed by atoms with Gasteiger partial charge in [0.05, 0.1) is 17.7 Å². The number of para-hydroxylation sites is 1. The molecule has 0 unspecified atom stereocenters. The maximum absolute atomic E-state index is 12.6. The summed E-state index contributed by atoms with van der Waals surface area (Å²) >= 11 is 0. The van der Waals surface area contributed by atoms with E-state index in [0.29, 0.717) is 38.2 Å². The number of rotatable bonds is 3. The summed E-state index contributed by atoms with van der Waals surface area (Å²) in [6, 6.07) is 7.69. The fourth-order valence-electron chi connectivity index (χ4n) is 3.19. The van der Waals surface area contributed by atoms with Crippen molar-refractivity contribution >= 4 is 12.0 Å². The quantitative estimate of drug-likeness (QED) is 0.904. The highest BCUT2D eigenvalue weighted by atomic mass is 16.5. The van der Waals surface area contributed by atoms with E-state index in [9.17, 15) is 9.90 Å². The van der Waals surface area contributed by atoms with Crippen LogP contribution in [0.4, 0.5) is 0 Å². The Morgan fingerprint density at radius 3 is 2.95 bits per heavy atom. The lowest BCUT2D eigenvalue weighted by molar-refractivity contribution is -0.127. The standard InChI is InChI=1S/C17H22N2O3/c1-18(2)11-17(21)7-8-19(12-17)16(20)14-9-13-5-3-4-6-15(13)22-10-14/h3-6,9,21H,7-8,10-12H2,1-2H3/t17-/m0/s1. The van der Waals surface area contributed by atoms with Gasteiger partial charge in [0.15, 0.2) is 0 Å². The molecule has 1 aromatic rings. The molecule has 0 spiro atoms. The first-order valence-electron chi connectivity index (χ1n) is 7.56. The number of benzene rings is 1. The summed E-state index contributed by atoms with van der Waals surface area (Å²) in [4.78, 5) is 16.3. The average molecular weight is 302 g/mol. The zero-order valence-electron chi connectivity index (χ0n) is 13.1. The first-order valence-corrected chi connectivity index (χ1v) is 7.56. The van der Waals surface area contributed by atoms with Crippen LogP contribution in [0.5, 0.6) is 5.75 Å². The van der Waals surface area contributed by atoms with Crippen LogP contribution in [0.25, 0.3) is 6.08 Å². The molecule has 1 fully saturated rings. The van der Waals surface area contributed by atoms with Crippen LogP contribution in [-0.4, -0.2) is 66.8 Å². The molecular formula is C17H22N2O3. The van der Waals surface area contributed by atoms with Gasteiger partial charge in [0, 0.05) is 18.7 Å². The van der Waals surface area contributed by atoms with Crippen LogP contribution in [0, 0.1) is 0 Å². The SMILES string of the molecule is CN(C)C[C@@]1(O)CCN(C(=O)C2=Cc3ccccc3OC2)C1. The monoisotopic (exact) mass is 302 g/mol. The third-order valence-electron chi connectivity index (χ3n) is 4.14. The molecule has 118 valence electrons. The van der Waals surface area contributed by atoms with Gasteiger partial charge in [-0.1, -0.05) is 18.2 Å². The average Bonchev–Trinajstić information content (AvgIpc) is 2.87. The van der Waals surface area contributed by atoms with E-state index in [-0.39, 0.29) is 5.91 Å². The molecule has 1 aromatic carbocycles. The number of ether oxygens (including phenoxy) is 1. The smallest absolute Gasteiger partial charge is 0.253 e. The summed E-state index contributed by atoms with van der Waals surface area (Å²) in [5.41, 5.74) is 0.764. The Morgan fingerprint density at radius 1 is 1.41 bits per heavy atom. The molecule has 0 radical (unpaired) electrons. The van der Waals surface area contributed by atoms with Gasteiger partial charge in [0.2, 0.25) is 0 Å². The van der Waals surface area contributed by atoms with Crippen molar-refractivity contribution in [1.82, 2.24) is 9.80 Å². The van der Waals surface area contributed by atoms with Gasteiger partial charge in [-0.15, -0.1) is 0 Å². The number of likely N-dealkylation sites (N-methyl/N-ethyl adjacent to an activating group) is 1. The summed E-state index contributed by atoms with van der Waals surface area (Å²) in [6.45, 7) is 1.82. The van der Waals surface area contributed by atoms with Gasteiger partial charge in [-0.3, -0.25) is 4.79 Å². The summed E-state index contributed by atoms with van der Waals surface area (Å²) in [5.74, 6) is 0.772. The Bertz CT molecular complexity index is 612. The lowest BCUT2D eigenvalue weighted by atomic mass is 10.0. The van der Waals surface area contributed by atoms with E-state index in [2.05, 4.69) is 0 Å². The molecular weight excluding hydrogens is 280 g/mol. The van der Waals surface area contributed by atoms with Crippen molar-refractivity contribution in [2.75, 3.05) is 40.3 Å². The topological polar surface area (TPSA) is 53.0 Å². The fourth-order valence-corrected chi connectivity index (χ4v) is 3.19. The molecule has 2 heterocycles. The zero-order chi connectivity index (χ0) is 15.7. The van der Waals surface area contributed by atoms with Crippen molar-refractivity contribution in [1.29, 1.82) is 0 Å². The lowest BCUT2D eigenvalue weighted by Crippen LogP contribution is -2.44. The van der Waals surface area contributed by atoms with Crippen molar-refractivity contribution in [2.45, 2.75) is 12.0 Å². The van der Waals surface area contributed by atoms with Crippen molar-refractivity contribution < 1.29 is 14.6 Å². The Kier molecular flexibility index (Phi) is 3.93. The molecule has 0 bridgehead atoms. The van der Waals surface area contributed by atoms with Gasteiger partial charge >= 0.3 is 0 Å². The Balaban J connectivity index is 1.72. The Morgan fingerprint density at radius 2 is 2.18 bits per heavy atom. The number of hydrogen-bond acceptors (Lipinski definition) is 4. The van der Waals surface area contributed by atoms with Crippen molar-refractivity contribution in [3.63, 3.8) is 0 Å². The number of carbonyl (C=O) groups is 1. The maximum atomic E-state index is 12.6. The molecule has 1 amide bonds. The molecule has 22 heavy (non-hydrogen) atoms. The summed E-state index contributed by atoms with van der Waals surface area (Å²) in [7, 11) is 3.85. The van der Waals surface area contributed by atoms with Gasteiger partial charge in [0.25, 0.3) is 5.91 Å². The van der Waals surface area contributed by atoms with E-state index in [4.69, 9.17) is 4.74 Å². The van der Waals surface area contributed by atoms with Gasteiger partial charge in [0.1, 0.15) is 12.4 Å². The van der Waals surface area contributed by atoms with E-state index >= 15 is 0 Å². The van der Waals surface area contributed by atoms with Gasteiger partial charge in [-0.05, 0) is 32.7 Å². The minimum Gasteiger partial charge on any atom is -0.488 e. The van der Waals surface area contributed by atoms with Gasteiger partial charge < -0.3 is 19.6 Å². The second-order valence-electron chi connectivity index (χ2n) is 6.43. The van der Waals surface area contributed by atoms with Gasteiger partial charge in [-0.25, -0.2) is 0 Å². The lowest BCUT2D eigenvalue weighted by Gasteiger charge is -2.27. The molecule has 0 aliphatic carbocycles. The number of hydrogen-bond donors (Lipinski definition) is 1. The second kappa shape index (κ2) is 5.74. The van der Waals surface area contributed by atoms with Crippen LogP contribution in [0.1, 0.15) is 12.0 Å². The summed E-state index contributed by atoms with van der Waals surface area (Å²) < 4.78 is 5.65. The molecule has 2 aliphatic heterocycles. The van der Waals surface area contributed by atoms with Gasteiger partial charge in [-0.2, -0.15) is 0 Å². The number of aliphatic hydroxyl groups is 1. The molecule has 1 saturated heterocycles. The first kappa shape index (κ1) is 15.1. The highest BCUT2D eigenvalue weighted by molar-refractivity contribution is 5.99. The predicted molar refractivity (Wildman–Crippen MR) is 84.6 cm³/mol. The number of carbonyl (C=O) groups excluding carboxylic acids is 1. The van der Waals surface area contributed by atoms with Crippen LogP contribution in [-0.2, 0) is 4.79 Å². The third-order valence-corrected chi connectivity index (χ3v) is 4.14. The molecule has 0 saturated carbocycles. The second-order valence-corrected chi connectivity index (χ2v) is 6.43. The molecule has 2 aliphatic rings. The highest BCUT2D eigenvalue weighted by Gasteiger charge is 2.39. The van der Waals surface area contributed by atoms with E-state index in [1.54, 1.807) is 4.90 Å². The molecule has 1 atom stereocenters. The van der Waals surface area contributed by atoms with E-state index in [1.807, 2.05) is 49.3 Å². The predicted octanol–water partition coefficient (Wildman–Crippen LogP) is 0.987. The van der Waals surface area contributed by atoms with Crippen molar-refractivity contribution in [3.05, 3.63) is 35.4 Å². The van der Waals surface area contributed by atoms with Crippen LogP contribution < -0.4 is 4.74 Å². The van der Waals surface area contributed by atoms with E-state index in [1.165, 1.54) is 0 Å². The normalized spacial score (nSPS) is 24.0. The fraction of sp³-hybridized carbons (Fsp3) is 0.471. The number of β-amino-alcohol motifs (C(OH)–C–C–N with tert-alkyl or cyclic N) is 1. The first-order chi connectivity index (χ1) is 10.5. The minimum atomic E-state index is -0.812. The number of nitrogens with zero attached hydrogens (tertiary/aromatic N) is 2. The van der Waals surface area contributed by atoms with E-state index in [0.717, 1.165) is 11.3 Å². The van der Waals surface area contributed by atoms with Crippen molar-refractivity contribution in [2.24, 2.45) is 0 Å². The van der Waals surface area contributed by atoms with E-state index < -0.39 is 5.60 Å². The van der Waals surface area contributed by atoms with Crippen LogP contribution in [0.2, 0.25) is 0 Å². The molecule has 5 heteroatoms. The molecule has 1 N–H and O–H groups in total. The zero-order valence-corrected chi connectivity index (χ0v) is 13.1. The Hall–Kier alpha value is -1.85. The minimum absolute atomic E-state index is 0.0378. The maximum Gasteiger partial charge on any atom is 0.253 e. The molecule has 0 aromatic heterocycles. The number of fused-ring (bicyclic) bond motifs is 1. The molecule has 5 nitrogen and oxygen atoms in total.